The van der Waals surface area contributed by atoms with Gasteiger partial charge in [-0.3, -0.25) is 9.59 Å². The van der Waals surface area contributed by atoms with Crippen molar-refractivity contribution in [2.45, 2.75) is 32.7 Å². The second-order valence-corrected chi connectivity index (χ2v) is 8.00. The maximum absolute atomic E-state index is 13.3. The second-order valence-electron chi connectivity index (χ2n) is 8.00. The highest BCUT2D eigenvalue weighted by atomic mass is 16.5. The molecule has 0 heterocycles. The standard InChI is InChI=1S/C24H31N3O3/c1-5-23(28)25-20-10-13-22(26(2)3)19(14-20)16-27(15-17-6-7-17)24(29)18-8-11-21(30-4)12-9-18/h8-14,17H,5-7,15-16H2,1-4H3,(H,25,28). The highest BCUT2D eigenvalue weighted by Crippen LogP contribution is 2.32. The third kappa shape index (κ3) is 5.53. The number of hydrogen-bond acceptors (Lipinski definition) is 4. The Bertz CT molecular complexity index is 889. The molecule has 0 radical (unpaired) electrons. The average molecular weight is 410 g/mol. The first-order chi connectivity index (χ1) is 14.4. The minimum Gasteiger partial charge on any atom is -0.497 e. The summed E-state index contributed by atoms with van der Waals surface area (Å²) in [6.07, 6.45) is 2.76. The van der Waals surface area contributed by atoms with E-state index in [1.165, 1.54) is 12.8 Å². The number of ether oxygens (including phenoxy) is 1. The molecule has 0 spiro atoms. The molecule has 1 saturated carbocycles. The predicted octanol–water partition coefficient (Wildman–Crippen LogP) is 4.16. The van der Waals surface area contributed by atoms with Gasteiger partial charge in [-0.05, 0) is 66.8 Å². The first-order valence-corrected chi connectivity index (χ1v) is 10.4. The fraction of sp³-hybridized carbons (Fsp3) is 0.417. The zero-order valence-corrected chi connectivity index (χ0v) is 18.3. The van der Waals surface area contributed by atoms with Crippen molar-refractivity contribution in [2.75, 3.05) is 38.0 Å². The largest absolute Gasteiger partial charge is 0.497 e. The van der Waals surface area contributed by atoms with Crippen molar-refractivity contribution in [1.29, 1.82) is 0 Å². The van der Waals surface area contributed by atoms with Gasteiger partial charge in [-0.2, -0.15) is 0 Å². The number of amides is 2. The molecule has 6 nitrogen and oxygen atoms in total. The van der Waals surface area contributed by atoms with E-state index in [0.29, 0.717) is 24.4 Å². The number of rotatable bonds is 9. The van der Waals surface area contributed by atoms with Crippen molar-refractivity contribution in [2.24, 2.45) is 5.92 Å². The van der Waals surface area contributed by atoms with Crippen LogP contribution in [-0.2, 0) is 11.3 Å². The van der Waals surface area contributed by atoms with E-state index < -0.39 is 0 Å². The molecule has 2 aromatic rings. The lowest BCUT2D eigenvalue weighted by atomic mass is 10.1. The van der Waals surface area contributed by atoms with Crippen LogP contribution in [0.4, 0.5) is 11.4 Å². The Morgan fingerprint density at radius 2 is 1.80 bits per heavy atom. The van der Waals surface area contributed by atoms with Gasteiger partial charge in [0.15, 0.2) is 0 Å². The summed E-state index contributed by atoms with van der Waals surface area (Å²) in [6, 6.07) is 13.1. The van der Waals surface area contributed by atoms with Crippen molar-refractivity contribution in [1.82, 2.24) is 4.90 Å². The van der Waals surface area contributed by atoms with Gasteiger partial charge in [0, 0.05) is 50.5 Å². The normalized spacial score (nSPS) is 12.9. The minimum atomic E-state index is -0.0253. The van der Waals surface area contributed by atoms with Crippen LogP contribution in [0.1, 0.15) is 42.1 Å². The monoisotopic (exact) mass is 409 g/mol. The number of nitrogens with zero attached hydrogens (tertiary/aromatic N) is 2. The van der Waals surface area contributed by atoms with Gasteiger partial charge in [-0.25, -0.2) is 0 Å². The summed E-state index contributed by atoms with van der Waals surface area (Å²) < 4.78 is 5.21. The van der Waals surface area contributed by atoms with Crippen LogP contribution < -0.4 is 15.0 Å². The van der Waals surface area contributed by atoms with Crippen LogP contribution >= 0.6 is 0 Å². The SMILES string of the molecule is CCC(=O)Nc1ccc(N(C)C)c(CN(CC2CC2)C(=O)c2ccc(OC)cc2)c1. The van der Waals surface area contributed by atoms with Crippen molar-refractivity contribution in [3.63, 3.8) is 0 Å². The van der Waals surface area contributed by atoms with Crippen LogP contribution in [-0.4, -0.2) is 44.5 Å². The minimum absolute atomic E-state index is 0.0113. The van der Waals surface area contributed by atoms with E-state index in [2.05, 4.69) is 5.32 Å². The van der Waals surface area contributed by atoms with E-state index in [-0.39, 0.29) is 11.8 Å². The molecule has 30 heavy (non-hydrogen) atoms. The third-order valence-electron chi connectivity index (χ3n) is 5.33. The molecule has 1 N–H and O–H groups in total. The Morgan fingerprint density at radius 3 is 2.37 bits per heavy atom. The maximum atomic E-state index is 13.3. The molecule has 2 amide bonds. The van der Waals surface area contributed by atoms with E-state index >= 15 is 0 Å². The molecule has 160 valence electrons. The van der Waals surface area contributed by atoms with Crippen LogP contribution in [0.5, 0.6) is 5.75 Å². The van der Waals surface area contributed by atoms with Crippen LogP contribution in [0.2, 0.25) is 0 Å². The maximum Gasteiger partial charge on any atom is 0.254 e. The highest BCUT2D eigenvalue weighted by Gasteiger charge is 2.28. The lowest BCUT2D eigenvalue weighted by molar-refractivity contribution is -0.115. The molecule has 0 aliphatic heterocycles. The fourth-order valence-corrected chi connectivity index (χ4v) is 3.43. The molecule has 0 bridgehead atoms. The number of benzene rings is 2. The summed E-state index contributed by atoms with van der Waals surface area (Å²) >= 11 is 0. The Labute approximate surface area is 178 Å². The third-order valence-corrected chi connectivity index (χ3v) is 5.33. The number of carbonyl (C=O) groups is 2. The molecular formula is C24H31N3O3. The Balaban J connectivity index is 1.88. The van der Waals surface area contributed by atoms with Crippen molar-refractivity contribution >= 4 is 23.2 Å². The quantitative estimate of drug-likeness (QED) is 0.675. The van der Waals surface area contributed by atoms with Crippen LogP contribution in [0.25, 0.3) is 0 Å². The van der Waals surface area contributed by atoms with Gasteiger partial charge in [-0.1, -0.05) is 6.92 Å². The number of hydrogen-bond donors (Lipinski definition) is 1. The van der Waals surface area contributed by atoms with Gasteiger partial charge < -0.3 is 19.9 Å². The highest BCUT2D eigenvalue weighted by molar-refractivity contribution is 5.94. The smallest absolute Gasteiger partial charge is 0.254 e. The number of carbonyl (C=O) groups excluding carboxylic acids is 2. The molecule has 0 saturated heterocycles. The second kappa shape index (κ2) is 9.65. The average Bonchev–Trinajstić information content (AvgIpc) is 3.56. The summed E-state index contributed by atoms with van der Waals surface area (Å²) in [5, 5.41) is 2.92. The molecule has 1 fully saturated rings. The molecule has 0 atom stereocenters. The van der Waals surface area contributed by atoms with Gasteiger partial charge in [0.05, 0.1) is 7.11 Å². The molecule has 6 heteroatoms. The zero-order valence-electron chi connectivity index (χ0n) is 18.3. The summed E-state index contributed by atoms with van der Waals surface area (Å²) in [5.74, 6) is 1.28. The predicted molar refractivity (Wildman–Crippen MR) is 120 cm³/mol. The number of nitrogens with one attached hydrogen (secondary N) is 1. The van der Waals surface area contributed by atoms with Crippen LogP contribution in [0.15, 0.2) is 42.5 Å². The summed E-state index contributed by atoms with van der Waals surface area (Å²) in [5.41, 5.74) is 3.45. The number of methoxy groups -OCH3 is 1. The molecule has 3 rings (SSSR count). The van der Waals surface area contributed by atoms with Crippen LogP contribution in [0, 0.1) is 5.92 Å². The molecule has 1 aliphatic carbocycles. The van der Waals surface area contributed by atoms with E-state index in [9.17, 15) is 9.59 Å². The van der Waals surface area contributed by atoms with Crippen LogP contribution in [0.3, 0.4) is 0 Å². The first kappa shape index (κ1) is 21.7. The van der Waals surface area contributed by atoms with Gasteiger partial charge in [0.1, 0.15) is 5.75 Å². The van der Waals surface area contributed by atoms with E-state index in [1.54, 1.807) is 7.11 Å². The zero-order chi connectivity index (χ0) is 21.7. The molecule has 2 aromatic carbocycles. The molecule has 0 unspecified atom stereocenters. The summed E-state index contributed by atoms with van der Waals surface area (Å²) in [7, 11) is 5.59. The molecular weight excluding hydrogens is 378 g/mol. The Kier molecular flexibility index (Phi) is 6.98. The number of anilines is 2. The summed E-state index contributed by atoms with van der Waals surface area (Å²) in [4.78, 5) is 29.1. The van der Waals surface area contributed by atoms with E-state index in [1.807, 2.05) is 73.3 Å². The Morgan fingerprint density at radius 1 is 1.10 bits per heavy atom. The van der Waals surface area contributed by atoms with Crippen molar-refractivity contribution in [3.05, 3.63) is 53.6 Å². The first-order valence-electron chi connectivity index (χ1n) is 10.4. The van der Waals surface area contributed by atoms with E-state index in [4.69, 9.17) is 4.74 Å². The molecule has 1 aliphatic rings. The van der Waals surface area contributed by atoms with Gasteiger partial charge >= 0.3 is 0 Å². The topological polar surface area (TPSA) is 61.9 Å². The van der Waals surface area contributed by atoms with Gasteiger partial charge in [0.2, 0.25) is 5.91 Å². The lowest BCUT2D eigenvalue weighted by Gasteiger charge is -2.26. The lowest BCUT2D eigenvalue weighted by Crippen LogP contribution is -2.33. The fourth-order valence-electron chi connectivity index (χ4n) is 3.43. The van der Waals surface area contributed by atoms with Crippen molar-refractivity contribution in [3.8, 4) is 5.75 Å². The molecule has 0 aromatic heterocycles. The Hall–Kier alpha value is -3.02. The summed E-state index contributed by atoms with van der Waals surface area (Å²) in [6.45, 7) is 3.06. The van der Waals surface area contributed by atoms with Crippen molar-refractivity contribution < 1.29 is 14.3 Å². The van der Waals surface area contributed by atoms with Gasteiger partial charge in [0.25, 0.3) is 5.91 Å². The van der Waals surface area contributed by atoms with E-state index in [0.717, 1.165) is 29.2 Å². The van der Waals surface area contributed by atoms with Gasteiger partial charge in [-0.15, -0.1) is 0 Å².